The normalized spacial score (nSPS) is 15.4. The van der Waals surface area contributed by atoms with Crippen LogP contribution >= 0.6 is 0 Å². The summed E-state index contributed by atoms with van der Waals surface area (Å²) >= 11 is 0. The Morgan fingerprint density at radius 2 is 1.61 bits per heavy atom. The van der Waals surface area contributed by atoms with E-state index in [2.05, 4.69) is 0 Å². The fourth-order valence-corrected chi connectivity index (χ4v) is 2.48. The molecule has 1 atom stereocenters. The van der Waals surface area contributed by atoms with Gasteiger partial charge < -0.3 is 10.5 Å². The second-order valence-electron chi connectivity index (χ2n) is 4.23. The molecule has 18 heavy (non-hydrogen) atoms. The molecule has 2 N–H and O–H groups in total. The fraction of sp³-hybridized carbons (Fsp3) is 0.133. The van der Waals surface area contributed by atoms with E-state index in [0.717, 1.165) is 22.3 Å². The van der Waals surface area contributed by atoms with Crippen molar-refractivity contribution < 1.29 is 10.9 Å². The van der Waals surface area contributed by atoms with Crippen LogP contribution in [0.5, 0.6) is 0 Å². The molecule has 0 spiro atoms. The van der Waals surface area contributed by atoms with Crippen molar-refractivity contribution in [1.29, 1.82) is 0 Å². The molecule has 2 aromatic carbocycles. The molecular weight excluding hydrogens is 226 g/mol. The zero-order valence-electron chi connectivity index (χ0n) is 10.7. The summed E-state index contributed by atoms with van der Waals surface area (Å²) in [6.45, 7) is -1.03. The Labute approximate surface area is 107 Å². The lowest BCUT2D eigenvalue weighted by Gasteiger charge is -2.12. The number of carbonyl (C=O) groups is 1. The van der Waals surface area contributed by atoms with Gasteiger partial charge in [0.2, 0.25) is 0 Å². The number of carbonyl (C=O) groups excluding carboxylic acids is 1. The van der Waals surface area contributed by atoms with E-state index in [9.17, 15) is 4.79 Å². The third kappa shape index (κ3) is 1.64. The second kappa shape index (κ2) is 4.18. The summed E-state index contributed by atoms with van der Waals surface area (Å²) in [5, 5.41) is 0. The maximum absolute atomic E-state index is 10.9. The quantitative estimate of drug-likeness (QED) is 0.877. The van der Waals surface area contributed by atoms with Crippen molar-refractivity contribution in [3.8, 4) is 11.1 Å². The molecule has 1 aliphatic carbocycles. The molecule has 3 heteroatoms. The molecule has 1 unspecified atom stereocenters. The van der Waals surface area contributed by atoms with E-state index in [-0.39, 0.29) is 5.92 Å². The van der Waals surface area contributed by atoms with Crippen LogP contribution in [0.3, 0.4) is 0 Å². The molecular formula is C15H13NO2. The number of benzene rings is 2. The number of amides is 1. The minimum absolute atomic E-state index is 0.278. The summed E-state index contributed by atoms with van der Waals surface area (Å²) in [6.07, 6.45) is -0.915. The first-order valence-electron chi connectivity index (χ1n) is 6.33. The number of nitrogens with two attached hydrogens (primary N) is 1. The molecule has 1 amide bonds. The highest BCUT2D eigenvalue weighted by Gasteiger charge is 2.28. The van der Waals surface area contributed by atoms with Gasteiger partial charge in [-0.25, -0.2) is 4.79 Å². The molecule has 0 saturated carbocycles. The van der Waals surface area contributed by atoms with Crippen LogP contribution in [0.1, 0.15) is 18.4 Å². The third-order valence-electron chi connectivity index (χ3n) is 3.20. The maximum Gasteiger partial charge on any atom is 0.404 e. The van der Waals surface area contributed by atoms with Gasteiger partial charge in [-0.1, -0.05) is 48.5 Å². The lowest BCUT2D eigenvalue weighted by molar-refractivity contribution is 0.153. The van der Waals surface area contributed by atoms with Gasteiger partial charge in [0.05, 0.1) is 1.37 Å². The van der Waals surface area contributed by atoms with Gasteiger partial charge in [-0.3, -0.25) is 0 Å². The van der Waals surface area contributed by atoms with Crippen LogP contribution in [0, 0.1) is 0 Å². The Kier molecular flexibility index (Phi) is 2.26. The van der Waals surface area contributed by atoms with E-state index in [1.165, 1.54) is 0 Å². The molecule has 3 rings (SSSR count). The standard InChI is InChI=1S/C15H13NO2/c16-15(17)18-9-14-12-7-3-1-5-10(12)11-6-2-4-8-13(11)14/h1-8,14H,9H2,(H2,16,17)/i9D. The average Bonchev–Trinajstić information content (AvgIpc) is 2.72. The first-order valence-corrected chi connectivity index (χ1v) is 5.75. The Hall–Kier alpha value is -2.29. The fourth-order valence-electron chi connectivity index (χ4n) is 2.48. The molecule has 0 aromatic heterocycles. The van der Waals surface area contributed by atoms with Crippen molar-refractivity contribution in [3.63, 3.8) is 0 Å². The lowest BCUT2D eigenvalue weighted by Crippen LogP contribution is -2.17. The smallest absolute Gasteiger partial charge is 0.404 e. The molecule has 0 saturated heterocycles. The summed E-state index contributed by atoms with van der Waals surface area (Å²) in [5.74, 6) is -0.278. The first kappa shape index (κ1) is 9.71. The van der Waals surface area contributed by atoms with Gasteiger partial charge in [0.15, 0.2) is 0 Å². The van der Waals surface area contributed by atoms with Gasteiger partial charge >= 0.3 is 6.09 Å². The van der Waals surface area contributed by atoms with E-state index in [0.29, 0.717) is 0 Å². The number of ether oxygens (including phenoxy) is 1. The zero-order chi connectivity index (χ0) is 13.4. The predicted octanol–water partition coefficient (Wildman–Crippen LogP) is 2.89. The Balaban J connectivity index is 2.12. The summed E-state index contributed by atoms with van der Waals surface area (Å²) in [7, 11) is 0. The minimum Gasteiger partial charge on any atom is -0.449 e. The van der Waals surface area contributed by atoms with Crippen LogP contribution in [0.15, 0.2) is 48.5 Å². The van der Waals surface area contributed by atoms with Gasteiger partial charge in [-0.2, -0.15) is 0 Å². The Morgan fingerprint density at radius 1 is 1.11 bits per heavy atom. The summed E-state index contributed by atoms with van der Waals surface area (Å²) in [6, 6.07) is 15.7. The lowest BCUT2D eigenvalue weighted by atomic mass is 9.98. The van der Waals surface area contributed by atoms with E-state index >= 15 is 0 Å². The topological polar surface area (TPSA) is 52.3 Å². The molecule has 1 aliphatic rings. The average molecular weight is 240 g/mol. The summed E-state index contributed by atoms with van der Waals surface area (Å²) in [5.41, 5.74) is 9.21. The van der Waals surface area contributed by atoms with Crippen LogP contribution in [0.2, 0.25) is 0 Å². The zero-order valence-corrected chi connectivity index (χ0v) is 9.67. The first-order chi connectivity index (χ1) is 9.18. The molecule has 3 nitrogen and oxygen atoms in total. The van der Waals surface area contributed by atoms with Crippen LogP contribution < -0.4 is 5.73 Å². The molecule has 0 heterocycles. The number of rotatable bonds is 2. The summed E-state index contributed by atoms with van der Waals surface area (Å²) < 4.78 is 12.9. The van der Waals surface area contributed by atoms with Crippen LogP contribution in [-0.2, 0) is 4.74 Å². The van der Waals surface area contributed by atoms with Gasteiger partial charge in [0.25, 0.3) is 0 Å². The highest BCUT2D eigenvalue weighted by atomic mass is 16.5. The predicted molar refractivity (Wildman–Crippen MR) is 69.3 cm³/mol. The number of primary amides is 1. The van der Waals surface area contributed by atoms with E-state index in [1.54, 1.807) is 0 Å². The van der Waals surface area contributed by atoms with Crippen molar-refractivity contribution in [3.05, 3.63) is 59.7 Å². The van der Waals surface area contributed by atoms with Crippen molar-refractivity contribution in [1.82, 2.24) is 0 Å². The third-order valence-corrected chi connectivity index (χ3v) is 3.20. The molecule has 90 valence electrons. The second-order valence-corrected chi connectivity index (χ2v) is 4.23. The van der Waals surface area contributed by atoms with Gasteiger partial charge in [-0.05, 0) is 22.3 Å². The van der Waals surface area contributed by atoms with Crippen molar-refractivity contribution in [2.45, 2.75) is 5.92 Å². The highest BCUT2D eigenvalue weighted by molar-refractivity contribution is 5.79. The summed E-state index contributed by atoms with van der Waals surface area (Å²) in [4.78, 5) is 10.9. The minimum atomic E-state index is -1.03. The van der Waals surface area contributed by atoms with Crippen LogP contribution in [0.25, 0.3) is 11.1 Å². The number of hydrogen-bond donors (Lipinski definition) is 1. The van der Waals surface area contributed by atoms with Crippen molar-refractivity contribution in [2.75, 3.05) is 6.58 Å². The largest absolute Gasteiger partial charge is 0.449 e. The molecule has 0 fully saturated rings. The van der Waals surface area contributed by atoms with Crippen molar-refractivity contribution >= 4 is 6.09 Å². The van der Waals surface area contributed by atoms with E-state index in [1.807, 2.05) is 48.5 Å². The Morgan fingerprint density at radius 3 is 2.11 bits per heavy atom. The van der Waals surface area contributed by atoms with Gasteiger partial charge in [0, 0.05) is 5.92 Å². The molecule has 0 radical (unpaired) electrons. The molecule has 2 aromatic rings. The van der Waals surface area contributed by atoms with Crippen LogP contribution in [0.4, 0.5) is 4.79 Å². The number of hydrogen-bond acceptors (Lipinski definition) is 2. The van der Waals surface area contributed by atoms with Crippen molar-refractivity contribution in [2.24, 2.45) is 5.73 Å². The maximum atomic E-state index is 10.9. The number of fused-ring (bicyclic) bond motifs is 3. The van der Waals surface area contributed by atoms with Gasteiger partial charge in [-0.15, -0.1) is 0 Å². The monoisotopic (exact) mass is 240 g/mol. The molecule has 0 bridgehead atoms. The SMILES string of the molecule is [2H]C(OC(N)=O)C1c2ccccc2-c2ccccc21. The van der Waals surface area contributed by atoms with E-state index < -0.39 is 12.7 Å². The molecule has 0 aliphatic heterocycles. The Bertz CT molecular complexity index is 596. The van der Waals surface area contributed by atoms with Gasteiger partial charge in [0.1, 0.15) is 6.58 Å². The van der Waals surface area contributed by atoms with Crippen LogP contribution in [-0.4, -0.2) is 12.7 Å². The highest BCUT2D eigenvalue weighted by Crippen LogP contribution is 2.44. The van der Waals surface area contributed by atoms with E-state index in [4.69, 9.17) is 11.8 Å².